The molecule has 0 aromatic heterocycles. The van der Waals surface area contributed by atoms with Gasteiger partial charge in [0.2, 0.25) is 0 Å². The van der Waals surface area contributed by atoms with E-state index < -0.39 is 0 Å². The Morgan fingerprint density at radius 1 is 1.06 bits per heavy atom. The molecule has 0 radical (unpaired) electrons. The lowest BCUT2D eigenvalue weighted by atomic mass is 9.94. The molecule has 2 aliphatic heterocycles. The molecule has 2 aromatic carbocycles. The van der Waals surface area contributed by atoms with Crippen LogP contribution < -0.4 is 4.90 Å². The smallest absolute Gasteiger partial charge is 0.269 e. The third kappa shape index (κ3) is 4.01. The van der Waals surface area contributed by atoms with Gasteiger partial charge in [0.15, 0.2) is 5.17 Å². The molecule has 31 heavy (non-hydrogen) atoms. The van der Waals surface area contributed by atoms with Crippen LogP contribution in [0, 0.1) is 0 Å². The van der Waals surface area contributed by atoms with Gasteiger partial charge in [0.1, 0.15) is 9.93 Å². The van der Waals surface area contributed by atoms with Crippen molar-refractivity contribution < 1.29 is 4.79 Å². The Kier molecular flexibility index (Phi) is 6.04. The zero-order valence-electron chi connectivity index (χ0n) is 17.4. The average Bonchev–Trinajstić information content (AvgIpc) is 3.31. The van der Waals surface area contributed by atoms with Gasteiger partial charge in [0, 0.05) is 22.5 Å². The summed E-state index contributed by atoms with van der Waals surface area (Å²) in [5, 5.41) is 2.45. The topological polar surface area (TPSA) is 35.9 Å². The number of amidine groups is 1. The maximum Gasteiger partial charge on any atom is 0.269 e. The molecular formula is C24H24ClN3OS2. The summed E-state index contributed by atoms with van der Waals surface area (Å²) in [6.45, 7) is 2.95. The van der Waals surface area contributed by atoms with Crippen molar-refractivity contribution in [3.05, 3.63) is 63.5 Å². The number of benzene rings is 2. The van der Waals surface area contributed by atoms with E-state index in [4.69, 9.17) is 16.6 Å². The number of hydrogen-bond acceptors (Lipinski definition) is 5. The summed E-state index contributed by atoms with van der Waals surface area (Å²) in [5.74, 6) is 0.0893. The Bertz CT molecular complexity index is 1080. The molecule has 5 rings (SSSR count). The number of aliphatic imine (C=N–C) groups is 1. The number of para-hydroxylation sites is 1. The number of anilines is 1. The normalized spacial score (nSPS) is 23.2. The van der Waals surface area contributed by atoms with E-state index in [-0.39, 0.29) is 11.9 Å². The molecule has 3 aliphatic rings. The minimum absolute atomic E-state index is 0.0893. The third-order valence-electron chi connectivity index (χ3n) is 5.90. The number of rotatable bonds is 3. The van der Waals surface area contributed by atoms with Crippen molar-refractivity contribution in [2.75, 3.05) is 11.4 Å². The van der Waals surface area contributed by atoms with Crippen molar-refractivity contribution in [1.82, 2.24) is 4.90 Å². The Labute approximate surface area is 196 Å². The van der Waals surface area contributed by atoms with Gasteiger partial charge in [-0.3, -0.25) is 9.69 Å². The summed E-state index contributed by atoms with van der Waals surface area (Å²) in [6.07, 6.45) is 5.64. The minimum Gasteiger partial charge on any atom is -0.334 e. The van der Waals surface area contributed by atoms with Crippen LogP contribution >= 0.6 is 35.1 Å². The van der Waals surface area contributed by atoms with Crippen LogP contribution in [0.3, 0.4) is 0 Å². The van der Waals surface area contributed by atoms with E-state index in [2.05, 4.69) is 36.1 Å². The maximum absolute atomic E-state index is 13.8. The number of amides is 1. The number of fused-ring (bicyclic) bond motifs is 1. The second kappa shape index (κ2) is 8.93. The highest BCUT2D eigenvalue weighted by molar-refractivity contribution is 8.19. The van der Waals surface area contributed by atoms with Gasteiger partial charge < -0.3 is 4.90 Å². The van der Waals surface area contributed by atoms with Crippen molar-refractivity contribution in [2.24, 2.45) is 4.99 Å². The largest absolute Gasteiger partial charge is 0.334 e. The van der Waals surface area contributed by atoms with Gasteiger partial charge >= 0.3 is 0 Å². The van der Waals surface area contributed by atoms with E-state index in [0.717, 1.165) is 53.0 Å². The Morgan fingerprint density at radius 3 is 2.65 bits per heavy atom. The summed E-state index contributed by atoms with van der Waals surface area (Å²) in [4.78, 5) is 24.9. The second-order valence-corrected chi connectivity index (χ2v) is 10.3. The third-order valence-corrected chi connectivity index (χ3v) is 8.49. The summed E-state index contributed by atoms with van der Waals surface area (Å²) in [5.41, 5.74) is 1.96. The molecule has 0 N–H and O–H groups in total. The predicted octanol–water partition coefficient (Wildman–Crippen LogP) is 7.04. The molecule has 0 atom stereocenters. The van der Waals surface area contributed by atoms with Crippen molar-refractivity contribution in [3.63, 3.8) is 0 Å². The van der Waals surface area contributed by atoms with Gasteiger partial charge in [-0.05, 0) is 61.9 Å². The van der Waals surface area contributed by atoms with Crippen LogP contribution in [-0.4, -0.2) is 28.6 Å². The SMILES string of the molecule is CCN1/C(=C2/SC(=Nc3cccc(Cl)c3)N(C3CCCCC3)C2=O)Sc2ccccc21. The fraction of sp³-hybridized carbons (Fsp3) is 0.333. The van der Waals surface area contributed by atoms with E-state index in [0.29, 0.717) is 5.02 Å². The Balaban J connectivity index is 1.57. The first-order chi connectivity index (χ1) is 15.2. The highest BCUT2D eigenvalue weighted by Crippen LogP contribution is 2.51. The standard InChI is InChI=1S/C24H24ClN3OS2/c1-2-27-19-13-6-7-14-20(19)30-23(27)21-22(29)28(18-11-4-3-5-12-18)24(31-21)26-17-10-8-9-16(25)15-17/h6-10,13-15,18H,2-5,11-12H2,1H3/b23-21-,26-24?. The molecule has 2 heterocycles. The lowest BCUT2D eigenvalue weighted by Crippen LogP contribution is -2.40. The zero-order chi connectivity index (χ0) is 21.4. The van der Waals surface area contributed by atoms with E-state index in [9.17, 15) is 4.79 Å². The summed E-state index contributed by atoms with van der Waals surface area (Å²) in [7, 11) is 0. The molecule has 1 amide bonds. The van der Waals surface area contributed by atoms with Crippen molar-refractivity contribution in [2.45, 2.75) is 50.0 Å². The summed E-state index contributed by atoms with van der Waals surface area (Å²) in [6, 6.07) is 16.1. The van der Waals surface area contributed by atoms with Crippen LogP contribution in [0.2, 0.25) is 5.02 Å². The molecule has 1 saturated carbocycles. The molecular weight excluding hydrogens is 446 g/mol. The number of nitrogens with zero attached hydrogens (tertiary/aromatic N) is 3. The van der Waals surface area contributed by atoms with Crippen molar-refractivity contribution in [3.8, 4) is 0 Å². The van der Waals surface area contributed by atoms with Crippen LogP contribution in [-0.2, 0) is 4.79 Å². The molecule has 160 valence electrons. The maximum atomic E-state index is 13.8. The van der Waals surface area contributed by atoms with Gasteiger partial charge in [-0.1, -0.05) is 60.8 Å². The highest BCUT2D eigenvalue weighted by Gasteiger charge is 2.42. The molecule has 4 nitrogen and oxygen atoms in total. The highest BCUT2D eigenvalue weighted by atomic mass is 35.5. The molecule has 2 aromatic rings. The predicted molar refractivity (Wildman–Crippen MR) is 132 cm³/mol. The monoisotopic (exact) mass is 469 g/mol. The molecule has 0 unspecified atom stereocenters. The number of hydrogen-bond donors (Lipinski definition) is 0. The van der Waals surface area contributed by atoms with Crippen LogP contribution in [0.15, 0.2) is 68.4 Å². The quantitative estimate of drug-likeness (QED) is 0.452. The number of thioether (sulfide) groups is 2. The van der Waals surface area contributed by atoms with Gasteiger partial charge in [-0.25, -0.2) is 4.99 Å². The van der Waals surface area contributed by atoms with E-state index >= 15 is 0 Å². The minimum atomic E-state index is 0.0893. The first-order valence-corrected chi connectivity index (χ1v) is 12.8. The van der Waals surface area contributed by atoms with Crippen molar-refractivity contribution >= 4 is 57.6 Å². The van der Waals surface area contributed by atoms with Gasteiger partial charge in [-0.15, -0.1) is 0 Å². The lowest BCUT2D eigenvalue weighted by Gasteiger charge is -2.30. The first kappa shape index (κ1) is 21.0. The lowest BCUT2D eigenvalue weighted by molar-refractivity contribution is -0.124. The number of carbonyl (C=O) groups is 1. The average molecular weight is 470 g/mol. The molecule has 1 aliphatic carbocycles. The fourth-order valence-corrected chi connectivity index (χ4v) is 7.06. The van der Waals surface area contributed by atoms with Crippen LogP contribution in [0.4, 0.5) is 11.4 Å². The molecule has 0 bridgehead atoms. The Morgan fingerprint density at radius 2 is 1.87 bits per heavy atom. The van der Waals surface area contributed by atoms with E-state index in [1.165, 1.54) is 28.8 Å². The first-order valence-electron chi connectivity index (χ1n) is 10.8. The summed E-state index contributed by atoms with van der Waals surface area (Å²) < 4.78 is 0. The number of halogens is 1. The molecule has 0 spiro atoms. The van der Waals surface area contributed by atoms with Gasteiger partial charge in [-0.2, -0.15) is 0 Å². The number of carbonyl (C=O) groups excluding carboxylic acids is 1. The second-order valence-electron chi connectivity index (χ2n) is 7.89. The van der Waals surface area contributed by atoms with Crippen molar-refractivity contribution in [1.29, 1.82) is 0 Å². The van der Waals surface area contributed by atoms with Crippen LogP contribution in [0.1, 0.15) is 39.0 Å². The Hall–Kier alpha value is -1.89. The van der Waals surface area contributed by atoms with Gasteiger partial charge in [0.25, 0.3) is 5.91 Å². The molecule has 1 saturated heterocycles. The van der Waals surface area contributed by atoms with Crippen LogP contribution in [0.25, 0.3) is 0 Å². The molecule has 7 heteroatoms. The summed E-state index contributed by atoms with van der Waals surface area (Å²) >= 11 is 9.39. The zero-order valence-corrected chi connectivity index (χ0v) is 19.8. The van der Waals surface area contributed by atoms with Crippen LogP contribution in [0.5, 0.6) is 0 Å². The van der Waals surface area contributed by atoms with E-state index in [1.54, 1.807) is 11.8 Å². The molecule has 2 fully saturated rings. The van der Waals surface area contributed by atoms with Gasteiger partial charge in [0.05, 0.1) is 11.4 Å². The fourth-order valence-electron chi connectivity index (χ4n) is 4.43. The van der Waals surface area contributed by atoms with E-state index in [1.807, 2.05) is 29.2 Å².